The Kier molecular flexibility index (Phi) is 4.53. The fraction of sp³-hybridized carbons (Fsp3) is 0.333. The molecule has 0 amide bonds. The molecule has 3 nitrogen and oxygen atoms in total. The van der Waals surface area contributed by atoms with Crippen LogP contribution in [0, 0.1) is 0 Å². The van der Waals surface area contributed by atoms with Gasteiger partial charge in [-0.1, -0.05) is 30.3 Å². The molecule has 0 aromatic heterocycles. The van der Waals surface area contributed by atoms with E-state index in [0.717, 1.165) is 5.75 Å². The van der Waals surface area contributed by atoms with Crippen LogP contribution in [0.2, 0.25) is 0 Å². The maximum absolute atomic E-state index is 5.29. The van der Waals surface area contributed by atoms with Crippen LogP contribution in [0.3, 0.4) is 0 Å². The zero-order chi connectivity index (χ0) is 14.5. The molecular weight excluding hydrogens is 260 g/mol. The molecule has 1 fully saturated rings. The fourth-order valence-corrected chi connectivity index (χ4v) is 3.24. The van der Waals surface area contributed by atoms with Crippen molar-refractivity contribution in [3.8, 4) is 5.75 Å². The number of piperazine rings is 1. The van der Waals surface area contributed by atoms with Gasteiger partial charge in [0, 0.05) is 11.1 Å². The van der Waals surface area contributed by atoms with Crippen molar-refractivity contribution in [2.24, 2.45) is 0 Å². The summed E-state index contributed by atoms with van der Waals surface area (Å²) in [6, 6.07) is 19.9. The summed E-state index contributed by atoms with van der Waals surface area (Å²) in [5.41, 5.74) is 2.78. The SMILES string of the molecule is COc1ccc([C@H](c2ccccc2)[NH+]2CC[NH2+]CC2)cc1. The number of ether oxygens (including phenoxy) is 1. The van der Waals surface area contributed by atoms with Crippen molar-refractivity contribution in [3.63, 3.8) is 0 Å². The van der Waals surface area contributed by atoms with Crippen molar-refractivity contribution in [2.75, 3.05) is 33.3 Å². The summed E-state index contributed by atoms with van der Waals surface area (Å²) < 4.78 is 5.29. The van der Waals surface area contributed by atoms with Crippen molar-refractivity contribution in [1.82, 2.24) is 0 Å². The van der Waals surface area contributed by atoms with Crippen LogP contribution in [0.4, 0.5) is 0 Å². The summed E-state index contributed by atoms with van der Waals surface area (Å²) in [5, 5.41) is 2.42. The van der Waals surface area contributed by atoms with Crippen molar-refractivity contribution >= 4 is 0 Å². The molecule has 0 aliphatic carbocycles. The van der Waals surface area contributed by atoms with E-state index in [2.05, 4.69) is 59.9 Å². The number of benzene rings is 2. The van der Waals surface area contributed by atoms with E-state index in [4.69, 9.17) is 4.74 Å². The lowest BCUT2D eigenvalue weighted by Crippen LogP contribution is -3.20. The molecule has 110 valence electrons. The largest absolute Gasteiger partial charge is 0.497 e. The molecule has 2 aromatic carbocycles. The lowest BCUT2D eigenvalue weighted by atomic mass is 9.96. The second kappa shape index (κ2) is 6.74. The number of methoxy groups -OCH3 is 1. The Balaban J connectivity index is 1.94. The lowest BCUT2D eigenvalue weighted by Gasteiger charge is -2.31. The van der Waals surface area contributed by atoms with Crippen LogP contribution < -0.4 is 15.0 Å². The zero-order valence-corrected chi connectivity index (χ0v) is 12.6. The van der Waals surface area contributed by atoms with Gasteiger partial charge in [-0.15, -0.1) is 0 Å². The van der Waals surface area contributed by atoms with Crippen LogP contribution in [0.5, 0.6) is 5.75 Å². The van der Waals surface area contributed by atoms with Crippen molar-refractivity contribution in [2.45, 2.75) is 6.04 Å². The van der Waals surface area contributed by atoms with E-state index < -0.39 is 0 Å². The summed E-state index contributed by atoms with van der Waals surface area (Å²) in [6.07, 6.45) is 0. The number of nitrogens with one attached hydrogen (secondary N) is 1. The number of nitrogens with two attached hydrogens (primary N) is 1. The molecule has 1 aliphatic rings. The van der Waals surface area contributed by atoms with Gasteiger partial charge in [0.15, 0.2) is 0 Å². The number of quaternary nitrogens is 2. The second-order valence-corrected chi connectivity index (χ2v) is 5.64. The van der Waals surface area contributed by atoms with Crippen LogP contribution in [0.25, 0.3) is 0 Å². The van der Waals surface area contributed by atoms with Crippen LogP contribution in [0.15, 0.2) is 54.6 Å². The summed E-state index contributed by atoms with van der Waals surface area (Å²) in [4.78, 5) is 1.66. The van der Waals surface area contributed by atoms with Gasteiger partial charge in [-0.2, -0.15) is 0 Å². The highest BCUT2D eigenvalue weighted by molar-refractivity contribution is 5.33. The summed E-state index contributed by atoms with van der Waals surface area (Å²) in [6.45, 7) is 4.86. The van der Waals surface area contributed by atoms with E-state index in [1.165, 1.54) is 37.3 Å². The van der Waals surface area contributed by atoms with E-state index in [9.17, 15) is 0 Å². The monoisotopic (exact) mass is 284 g/mol. The minimum absolute atomic E-state index is 0.422. The first kappa shape index (κ1) is 14.1. The molecule has 0 unspecified atom stereocenters. The molecule has 1 atom stereocenters. The van der Waals surface area contributed by atoms with E-state index >= 15 is 0 Å². The zero-order valence-electron chi connectivity index (χ0n) is 12.6. The normalized spacial score (nSPS) is 17.4. The quantitative estimate of drug-likeness (QED) is 0.828. The van der Waals surface area contributed by atoms with Crippen LogP contribution >= 0.6 is 0 Å². The van der Waals surface area contributed by atoms with Gasteiger partial charge in [0.25, 0.3) is 0 Å². The standard InChI is InChI=1S/C18H22N2O/c1-21-17-9-7-16(8-10-17)18(15-5-3-2-4-6-15)20-13-11-19-12-14-20/h2-10,18-19H,11-14H2,1H3/p+2/t18-/m0/s1. The summed E-state index contributed by atoms with van der Waals surface area (Å²) in [5.74, 6) is 0.924. The predicted molar refractivity (Wildman–Crippen MR) is 83.6 cm³/mol. The Bertz CT molecular complexity index is 547. The van der Waals surface area contributed by atoms with Crippen molar-refractivity contribution < 1.29 is 15.0 Å². The van der Waals surface area contributed by atoms with Crippen LogP contribution in [-0.2, 0) is 0 Å². The molecule has 21 heavy (non-hydrogen) atoms. The van der Waals surface area contributed by atoms with E-state index in [-0.39, 0.29) is 0 Å². The molecule has 0 radical (unpaired) electrons. The minimum Gasteiger partial charge on any atom is -0.497 e. The Morgan fingerprint density at radius 3 is 2.14 bits per heavy atom. The number of rotatable bonds is 4. The molecule has 0 saturated carbocycles. The first-order valence-electron chi connectivity index (χ1n) is 7.73. The summed E-state index contributed by atoms with van der Waals surface area (Å²) in [7, 11) is 1.72. The average molecular weight is 284 g/mol. The Morgan fingerprint density at radius 2 is 1.52 bits per heavy atom. The number of hydrogen-bond acceptors (Lipinski definition) is 1. The Morgan fingerprint density at radius 1 is 0.905 bits per heavy atom. The van der Waals surface area contributed by atoms with Gasteiger partial charge >= 0.3 is 0 Å². The topological polar surface area (TPSA) is 30.3 Å². The van der Waals surface area contributed by atoms with Crippen molar-refractivity contribution in [3.05, 3.63) is 65.7 Å². The third kappa shape index (κ3) is 3.26. The van der Waals surface area contributed by atoms with Gasteiger partial charge in [0.2, 0.25) is 0 Å². The van der Waals surface area contributed by atoms with E-state index in [0.29, 0.717) is 6.04 Å². The van der Waals surface area contributed by atoms with Crippen molar-refractivity contribution in [1.29, 1.82) is 0 Å². The fourth-order valence-electron chi connectivity index (χ4n) is 3.24. The van der Waals surface area contributed by atoms with E-state index in [1.54, 1.807) is 12.0 Å². The van der Waals surface area contributed by atoms with E-state index in [1.807, 2.05) is 0 Å². The molecule has 1 heterocycles. The van der Waals surface area contributed by atoms with Crippen LogP contribution in [-0.4, -0.2) is 33.3 Å². The van der Waals surface area contributed by atoms with Gasteiger partial charge < -0.3 is 15.0 Å². The van der Waals surface area contributed by atoms with Crippen LogP contribution in [0.1, 0.15) is 17.2 Å². The molecular formula is C18H24N2O+2. The third-order valence-electron chi connectivity index (χ3n) is 4.33. The second-order valence-electron chi connectivity index (χ2n) is 5.64. The highest BCUT2D eigenvalue weighted by atomic mass is 16.5. The highest BCUT2D eigenvalue weighted by Crippen LogP contribution is 2.21. The number of hydrogen-bond donors (Lipinski definition) is 2. The molecule has 3 N–H and O–H groups in total. The third-order valence-corrected chi connectivity index (χ3v) is 4.33. The highest BCUT2D eigenvalue weighted by Gasteiger charge is 2.28. The molecule has 0 spiro atoms. The van der Waals surface area contributed by atoms with Gasteiger partial charge in [0.05, 0.1) is 7.11 Å². The first-order valence-corrected chi connectivity index (χ1v) is 7.73. The molecule has 1 aliphatic heterocycles. The first-order chi connectivity index (χ1) is 10.4. The van der Waals surface area contributed by atoms with Gasteiger partial charge in [0.1, 0.15) is 38.0 Å². The maximum atomic E-state index is 5.29. The van der Waals surface area contributed by atoms with Gasteiger partial charge in [-0.3, -0.25) is 0 Å². The molecule has 3 rings (SSSR count). The molecule has 0 bridgehead atoms. The smallest absolute Gasteiger partial charge is 0.139 e. The molecule has 3 heteroatoms. The maximum Gasteiger partial charge on any atom is 0.139 e. The summed E-state index contributed by atoms with van der Waals surface area (Å²) >= 11 is 0. The van der Waals surface area contributed by atoms with Gasteiger partial charge in [-0.25, -0.2) is 0 Å². The molecule has 2 aromatic rings. The Labute approximate surface area is 126 Å². The Hall–Kier alpha value is -1.84. The predicted octanol–water partition coefficient (Wildman–Crippen LogP) is 0.247. The molecule has 1 saturated heterocycles. The minimum atomic E-state index is 0.422. The lowest BCUT2D eigenvalue weighted by molar-refractivity contribution is -0.967. The van der Waals surface area contributed by atoms with Gasteiger partial charge in [-0.05, 0) is 24.3 Å². The average Bonchev–Trinajstić information content (AvgIpc) is 2.58.